The fraction of sp³-hybridized carbons (Fsp3) is 0.286. The Morgan fingerprint density at radius 3 is 2.80 bits per heavy atom. The Balaban J connectivity index is 1.41. The first-order valence-electron chi connectivity index (χ1n) is 11.9. The zero-order valence-corrected chi connectivity index (χ0v) is 20.7. The van der Waals surface area contributed by atoms with E-state index in [-0.39, 0.29) is 6.10 Å². The molecule has 1 aliphatic carbocycles. The molecule has 2 aromatic heterocycles. The Bertz CT molecular complexity index is 1360. The molecule has 6 nitrogen and oxygen atoms in total. The predicted molar refractivity (Wildman–Crippen MR) is 138 cm³/mol. The van der Waals surface area contributed by atoms with E-state index in [0.29, 0.717) is 17.4 Å². The van der Waals surface area contributed by atoms with E-state index in [1.54, 1.807) is 11.3 Å². The van der Waals surface area contributed by atoms with Crippen molar-refractivity contribution in [2.24, 2.45) is 0 Å². The molecule has 176 valence electrons. The number of nitriles is 1. The lowest BCUT2D eigenvalue weighted by molar-refractivity contribution is 0.242. The lowest BCUT2D eigenvalue weighted by Gasteiger charge is -2.28. The van der Waals surface area contributed by atoms with Gasteiger partial charge in [-0.15, -0.1) is 10.2 Å². The number of hydrogen-bond donors (Lipinski definition) is 1. The van der Waals surface area contributed by atoms with Crippen LogP contribution in [0.2, 0.25) is 0 Å². The molecule has 4 aromatic rings. The number of ether oxygens (including phenoxy) is 1. The molecule has 0 fully saturated rings. The number of nitrogens with zero attached hydrogens (tertiary/aromatic N) is 4. The van der Waals surface area contributed by atoms with Gasteiger partial charge in [0, 0.05) is 29.9 Å². The molecule has 0 amide bonds. The van der Waals surface area contributed by atoms with Crippen LogP contribution in [0.1, 0.15) is 55.1 Å². The minimum absolute atomic E-state index is 0.00705. The summed E-state index contributed by atoms with van der Waals surface area (Å²) >= 11 is 1.56. The number of fused-ring (bicyclic) bond motifs is 1. The highest BCUT2D eigenvalue weighted by Crippen LogP contribution is 2.39. The van der Waals surface area contributed by atoms with Gasteiger partial charge in [-0.2, -0.15) is 5.26 Å². The van der Waals surface area contributed by atoms with E-state index in [1.165, 1.54) is 11.1 Å². The van der Waals surface area contributed by atoms with Crippen LogP contribution in [0.15, 0.2) is 60.8 Å². The molecule has 2 heterocycles. The summed E-state index contributed by atoms with van der Waals surface area (Å²) < 4.78 is 5.76. The van der Waals surface area contributed by atoms with E-state index in [9.17, 15) is 5.26 Å². The molecule has 5 rings (SSSR count). The van der Waals surface area contributed by atoms with Crippen molar-refractivity contribution >= 4 is 11.3 Å². The number of pyridine rings is 1. The van der Waals surface area contributed by atoms with Crippen LogP contribution in [-0.4, -0.2) is 21.3 Å². The monoisotopic (exact) mass is 481 g/mol. The highest BCUT2D eigenvalue weighted by molar-refractivity contribution is 7.17. The van der Waals surface area contributed by atoms with E-state index in [0.717, 1.165) is 52.6 Å². The van der Waals surface area contributed by atoms with Crippen LogP contribution in [0.4, 0.5) is 0 Å². The average molecular weight is 482 g/mol. The highest BCUT2D eigenvalue weighted by atomic mass is 32.1. The summed E-state index contributed by atoms with van der Waals surface area (Å²) in [5.74, 6) is 0.595. The minimum atomic E-state index is 0.00705. The quantitative estimate of drug-likeness (QED) is 0.344. The van der Waals surface area contributed by atoms with Crippen molar-refractivity contribution in [2.75, 3.05) is 0 Å². The summed E-state index contributed by atoms with van der Waals surface area (Å²) in [6.45, 7) is 4.65. The second-order valence-electron chi connectivity index (χ2n) is 8.92. The molecule has 0 bridgehead atoms. The van der Waals surface area contributed by atoms with Gasteiger partial charge in [0.1, 0.15) is 21.8 Å². The number of nitrogens with one attached hydrogen (secondary N) is 1. The summed E-state index contributed by atoms with van der Waals surface area (Å²) in [5, 5.41) is 24.0. The molecule has 7 heteroatoms. The summed E-state index contributed by atoms with van der Waals surface area (Å²) in [7, 11) is 0. The van der Waals surface area contributed by atoms with Crippen molar-refractivity contribution in [3.63, 3.8) is 0 Å². The van der Waals surface area contributed by atoms with E-state index >= 15 is 0 Å². The maximum Gasteiger partial charge on any atom is 0.148 e. The zero-order valence-electron chi connectivity index (χ0n) is 19.9. The first-order chi connectivity index (χ1) is 17.1. The van der Waals surface area contributed by atoms with Crippen molar-refractivity contribution in [1.82, 2.24) is 20.5 Å². The number of rotatable bonds is 7. The Morgan fingerprint density at radius 2 is 2.00 bits per heavy atom. The summed E-state index contributed by atoms with van der Waals surface area (Å²) in [5.41, 5.74) is 6.26. The highest BCUT2D eigenvalue weighted by Gasteiger charge is 2.24. The molecule has 35 heavy (non-hydrogen) atoms. The average Bonchev–Trinajstić information content (AvgIpc) is 3.38. The van der Waals surface area contributed by atoms with Crippen LogP contribution in [0.25, 0.3) is 21.1 Å². The molecule has 1 atom stereocenters. The molecule has 0 spiro atoms. The van der Waals surface area contributed by atoms with Gasteiger partial charge in [0.25, 0.3) is 0 Å². The fourth-order valence-corrected chi connectivity index (χ4v) is 5.44. The fourth-order valence-electron chi connectivity index (χ4n) is 4.55. The number of hydrogen-bond acceptors (Lipinski definition) is 7. The van der Waals surface area contributed by atoms with Gasteiger partial charge in [-0.05, 0) is 74.6 Å². The van der Waals surface area contributed by atoms with Crippen molar-refractivity contribution in [1.29, 1.82) is 5.26 Å². The molecule has 0 radical (unpaired) electrons. The Labute approximate surface area is 209 Å². The van der Waals surface area contributed by atoms with Crippen molar-refractivity contribution in [3.05, 3.63) is 83.2 Å². The SMILES string of the molecule is CC(C)Oc1ccc(-c2nnc(-c3cccc4c3CCC[C@H]4NCc3ccccn3)s2)cc1C#N. The van der Waals surface area contributed by atoms with Gasteiger partial charge in [-0.25, -0.2) is 0 Å². The second kappa shape index (κ2) is 10.3. The minimum Gasteiger partial charge on any atom is -0.490 e. The van der Waals surface area contributed by atoms with E-state index in [2.05, 4.69) is 50.8 Å². The molecule has 0 saturated carbocycles. The summed E-state index contributed by atoms with van der Waals surface area (Å²) in [4.78, 5) is 4.44. The first kappa shape index (κ1) is 23.2. The van der Waals surface area contributed by atoms with Crippen LogP contribution < -0.4 is 10.1 Å². The molecular weight excluding hydrogens is 454 g/mol. The van der Waals surface area contributed by atoms with E-state index in [1.807, 2.05) is 50.4 Å². The lowest BCUT2D eigenvalue weighted by atomic mass is 9.85. The van der Waals surface area contributed by atoms with Crippen LogP contribution >= 0.6 is 11.3 Å². The van der Waals surface area contributed by atoms with Crippen LogP contribution in [0, 0.1) is 11.3 Å². The zero-order chi connectivity index (χ0) is 24.2. The van der Waals surface area contributed by atoms with Crippen LogP contribution in [0.5, 0.6) is 5.75 Å². The molecule has 0 aliphatic heterocycles. The van der Waals surface area contributed by atoms with Gasteiger partial charge >= 0.3 is 0 Å². The third kappa shape index (κ3) is 5.09. The molecule has 1 aliphatic rings. The molecule has 1 N–H and O–H groups in total. The van der Waals surface area contributed by atoms with Gasteiger partial charge < -0.3 is 10.1 Å². The maximum absolute atomic E-state index is 9.59. The predicted octanol–water partition coefficient (Wildman–Crippen LogP) is 6.09. The molecule has 0 unspecified atom stereocenters. The third-order valence-electron chi connectivity index (χ3n) is 6.13. The van der Waals surface area contributed by atoms with Gasteiger partial charge in [0.15, 0.2) is 0 Å². The maximum atomic E-state index is 9.59. The summed E-state index contributed by atoms with van der Waals surface area (Å²) in [6.07, 6.45) is 5.10. The molecular formula is C28H27N5OS. The third-order valence-corrected chi connectivity index (χ3v) is 7.13. The second-order valence-corrected chi connectivity index (χ2v) is 9.90. The Kier molecular flexibility index (Phi) is 6.84. The van der Waals surface area contributed by atoms with Gasteiger partial charge in [-0.3, -0.25) is 4.98 Å². The Hall–Kier alpha value is -3.60. The van der Waals surface area contributed by atoms with Gasteiger partial charge in [-0.1, -0.05) is 35.6 Å². The largest absolute Gasteiger partial charge is 0.490 e. The Morgan fingerprint density at radius 1 is 1.11 bits per heavy atom. The number of aromatic nitrogens is 3. The van der Waals surface area contributed by atoms with Crippen LogP contribution in [-0.2, 0) is 13.0 Å². The standard InChI is InChI=1S/C28H27N5OS/c1-18(2)34-26-13-12-19(15-20(26)16-29)27-32-33-28(35-27)24-10-5-9-23-22(24)8-6-11-25(23)31-17-21-7-3-4-14-30-21/h3-5,7,9-10,12-15,18,25,31H,6,8,11,17H2,1-2H3/t25-/m1/s1. The van der Waals surface area contributed by atoms with E-state index in [4.69, 9.17) is 4.74 Å². The topological polar surface area (TPSA) is 83.7 Å². The van der Waals surface area contributed by atoms with Crippen molar-refractivity contribution in [2.45, 2.75) is 51.8 Å². The smallest absolute Gasteiger partial charge is 0.148 e. The molecule has 2 aromatic carbocycles. The number of benzene rings is 2. The normalized spacial score (nSPS) is 15.0. The van der Waals surface area contributed by atoms with Gasteiger partial charge in [0.05, 0.1) is 17.4 Å². The van der Waals surface area contributed by atoms with Crippen molar-refractivity contribution in [3.8, 4) is 33.0 Å². The van der Waals surface area contributed by atoms with E-state index < -0.39 is 0 Å². The summed E-state index contributed by atoms with van der Waals surface area (Å²) in [6, 6.07) is 20.6. The van der Waals surface area contributed by atoms with Crippen LogP contribution in [0.3, 0.4) is 0 Å². The van der Waals surface area contributed by atoms with Crippen molar-refractivity contribution < 1.29 is 4.74 Å². The van der Waals surface area contributed by atoms with Gasteiger partial charge in [0.2, 0.25) is 0 Å². The first-order valence-corrected chi connectivity index (χ1v) is 12.7. The molecule has 0 saturated heterocycles. The lowest BCUT2D eigenvalue weighted by Crippen LogP contribution is -2.25.